The second-order valence-electron chi connectivity index (χ2n) is 5.32. The molecule has 0 bridgehead atoms. The molecular formula is C15H23NO4S. The van der Waals surface area contributed by atoms with Gasteiger partial charge in [0.1, 0.15) is 5.75 Å². The molecule has 2 rings (SSSR count). The molecule has 1 fully saturated rings. The second-order valence-corrected chi connectivity index (χ2v) is 7.26. The number of aliphatic hydroxyl groups is 1. The normalized spacial score (nSPS) is 19.8. The molecule has 0 spiro atoms. The van der Waals surface area contributed by atoms with E-state index in [2.05, 4.69) is 6.92 Å². The van der Waals surface area contributed by atoms with E-state index in [9.17, 15) is 8.42 Å². The summed E-state index contributed by atoms with van der Waals surface area (Å²) in [6, 6.07) is 6.50. The summed E-state index contributed by atoms with van der Waals surface area (Å²) in [5.41, 5.74) is 0. The van der Waals surface area contributed by atoms with Gasteiger partial charge in [0, 0.05) is 26.1 Å². The highest BCUT2D eigenvalue weighted by Crippen LogP contribution is 2.26. The van der Waals surface area contributed by atoms with Crippen LogP contribution in [0.15, 0.2) is 29.2 Å². The molecule has 1 unspecified atom stereocenters. The van der Waals surface area contributed by atoms with Crippen molar-refractivity contribution in [3.05, 3.63) is 24.3 Å². The molecule has 0 radical (unpaired) electrons. The lowest BCUT2D eigenvalue weighted by molar-refractivity contribution is 0.233. The minimum absolute atomic E-state index is 0.0834. The van der Waals surface area contributed by atoms with Gasteiger partial charge in [0.2, 0.25) is 10.0 Å². The summed E-state index contributed by atoms with van der Waals surface area (Å²) < 4.78 is 32.0. The van der Waals surface area contributed by atoms with Crippen molar-refractivity contribution in [1.29, 1.82) is 0 Å². The van der Waals surface area contributed by atoms with Crippen LogP contribution in [0.2, 0.25) is 0 Å². The first kappa shape index (κ1) is 16.3. The van der Waals surface area contributed by atoms with Crippen molar-refractivity contribution in [2.45, 2.75) is 31.1 Å². The van der Waals surface area contributed by atoms with Crippen LogP contribution in [0.1, 0.15) is 26.2 Å². The lowest BCUT2D eigenvalue weighted by Crippen LogP contribution is -2.28. The molecule has 6 heteroatoms. The van der Waals surface area contributed by atoms with Gasteiger partial charge in [-0.3, -0.25) is 0 Å². The summed E-state index contributed by atoms with van der Waals surface area (Å²) in [5.74, 6) is 1.09. The molecule has 21 heavy (non-hydrogen) atoms. The maximum Gasteiger partial charge on any atom is 0.243 e. The molecule has 1 atom stereocenters. The third-order valence-corrected chi connectivity index (χ3v) is 5.74. The minimum atomic E-state index is -3.39. The average molecular weight is 313 g/mol. The van der Waals surface area contributed by atoms with Gasteiger partial charge in [0.05, 0.1) is 11.5 Å². The Morgan fingerprint density at radius 3 is 2.62 bits per heavy atom. The number of rotatable bonds is 7. The molecule has 0 aliphatic carbocycles. The van der Waals surface area contributed by atoms with Gasteiger partial charge in [-0.05, 0) is 36.6 Å². The van der Waals surface area contributed by atoms with Gasteiger partial charge in [-0.2, -0.15) is 4.31 Å². The standard InChI is InChI=1S/C15H23NO4S/c1-2-13-8-9-16(12-13)21(18,19)15-6-4-14(5-7-15)20-11-3-10-17/h4-7,13,17H,2-3,8-12H2,1H3. The number of ether oxygens (including phenoxy) is 1. The maximum absolute atomic E-state index is 12.5. The van der Waals surface area contributed by atoms with E-state index < -0.39 is 10.0 Å². The van der Waals surface area contributed by atoms with E-state index in [1.165, 1.54) is 0 Å². The van der Waals surface area contributed by atoms with Crippen molar-refractivity contribution in [2.24, 2.45) is 5.92 Å². The van der Waals surface area contributed by atoms with Gasteiger partial charge in [-0.1, -0.05) is 13.3 Å². The van der Waals surface area contributed by atoms with E-state index in [1.54, 1.807) is 28.6 Å². The van der Waals surface area contributed by atoms with Crippen molar-refractivity contribution in [3.63, 3.8) is 0 Å². The summed E-state index contributed by atoms with van der Waals surface area (Å²) in [4.78, 5) is 0.314. The predicted octanol–water partition coefficient (Wildman–Crippen LogP) is 1.87. The number of nitrogens with zero attached hydrogens (tertiary/aromatic N) is 1. The van der Waals surface area contributed by atoms with Gasteiger partial charge in [-0.25, -0.2) is 8.42 Å². The predicted molar refractivity (Wildman–Crippen MR) is 80.8 cm³/mol. The molecule has 0 amide bonds. The number of sulfonamides is 1. The lowest BCUT2D eigenvalue weighted by Gasteiger charge is -2.16. The topological polar surface area (TPSA) is 66.8 Å². The molecule has 1 aromatic carbocycles. The zero-order chi connectivity index (χ0) is 15.3. The fourth-order valence-electron chi connectivity index (χ4n) is 2.46. The molecule has 118 valence electrons. The molecule has 1 N–H and O–H groups in total. The van der Waals surface area contributed by atoms with E-state index in [-0.39, 0.29) is 6.61 Å². The smallest absolute Gasteiger partial charge is 0.243 e. The third-order valence-electron chi connectivity index (χ3n) is 3.86. The van der Waals surface area contributed by atoms with E-state index in [1.807, 2.05) is 0 Å². The maximum atomic E-state index is 12.5. The molecule has 1 heterocycles. The fraction of sp³-hybridized carbons (Fsp3) is 0.600. The molecule has 1 aliphatic rings. The van der Waals surface area contributed by atoms with Gasteiger partial charge in [-0.15, -0.1) is 0 Å². The number of aliphatic hydroxyl groups excluding tert-OH is 1. The summed E-state index contributed by atoms with van der Waals surface area (Å²) in [5, 5.41) is 8.69. The van der Waals surface area contributed by atoms with Gasteiger partial charge >= 0.3 is 0 Å². The summed E-state index contributed by atoms with van der Waals surface area (Å²) in [6.07, 6.45) is 2.52. The fourth-order valence-corrected chi connectivity index (χ4v) is 3.99. The molecule has 0 aromatic heterocycles. The highest BCUT2D eigenvalue weighted by molar-refractivity contribution is 7.89. The highest BCUT2D eigenvalue weighted by atomic mass is 32.2. The van der Waals surface area contributed by atoms with Crippen LogP contribution in [-0.4, -0.2) is 44.1 Å². The lowest BCUT2D eigenvalue weighted by atomic mass is 10.1. The van der Waals surface area contributed by atoms with Gasteiger partial charge in [0.15, 0.2) is 0 Å². The SMILES string of the molecule is CCC1CCN(S(=O)(=O)c2ccc(OCCCO)cc2)C1. The largest absolute Gasteiger partial charge is 0.494 e. The van der Waals surface area contributed by atoms with Crippen molar-refractivity contribution in [3.8, 4) is 5.75 Å². The molecule has 1 saturated heterocycles. The Labute approximate surface area is 126 Å². The van der Waals surface area contributed by atoms with E-state index in [0.29, 0.717) is 42.7 Å². The molecule has 1 aromatic rings. The molecule has 5 nitrogen and oxygen atoms in total. The number of hydrogen-bond acceptors (Lipinski definition) is 4. The van der Waals surface area contributed by atoms with Gasteiger partial charge < -0.3 is 9.84 Å². The first-order valence-electron chi connectivity index (χ1n) is 7.41. The Morgan fingerprint density at radius 2 is 2.05 bits per heavy atom. The molecular weight excluding hydrogens is 290 g/mol. The van der Waals surface area contributed by atoms with E-state index in [0.717, 1.165) is 12.8 Å². The van der Waals surface area contributed by atoms with Crippen LogP contribution in [0.5, 0.6) is 5.75 Å². The van der Waals surface area contributed by atoms with Crippen LogP contribution >= 0.6 is 0 Å². The Hall–Kier alpha value is -1.11. The van der Waals surface area contributed by atoms with Crippen molar-refractivity contribution in [1.82, 2.24) is 4.31 Å². The van der Waals surface area contributed by atoms with Crippen LogP contribution in [0.4, 0.5) is 0 Å². The number of hydrogen-bond donors (Lipinski definition) is 1. The Morgan fingerprint density at radius 1 is 1.33 bits per heavy atom. The van der Waals surface area contributed by atoms with Crippen LogP contribution in [-0.2, 0) is 10.0 Å². The number of benzene rings is 1. The van der Waals surface area contributed by atoms with Crippen LogP contribution in [0, 0.1) is 5.92 Å². The van der Waals surface area contributed by atoms with Crippen LogP contribution in [0.3, 0.4) is 0 Å². The zero-order valence-corrected chi connectivity index (χ0v) is 13.2. The Bertz CT molecular complexity index is 541. The van der Waals surface area contributed by atoms with Crippen LogP contribution < -0.4 is 4.74 Å². The van der Waals surface area contributed by atoms with E-state index in [4.69, 9.17) is 9.84 Å². The molecule has 1 aliphatic heterocycles. The summed E-state index contributed by atoms with van der Waals surface area (Å²) in [7, 11) is -3.39. The summed E-state index contributed by atoms with van der Waals surface area (Å²) >= 11 is 0. The van der Waals surface area contributed by atoms with Crippen LogP contribution in [0.25, 0.3) is 0 Å². The first-order valence-corrected chi connectivity index (χ1v) is 8.85. The first-order chi connectivity index (χ1) is 10.1. The minimum Gasteiger partial charge on any atom is -0.494 e. The highest BCUT2D eigenvalue weighted by Gasteiger charge is 2.31. The Kier molecular flexibility index (Phi) is 5.61. The Balaban J connectivity index is 2.03. The van der Waals surface area contributed by atoms with Crippen molar-refractivity contribution in [2.75, 3.05) is 26.3 Å². The van der Waals surface area contributed by atoms with Crippen molar-refractivity contribution >= 4 is 10.0 Å². The quantitative estimate of drug-likeness (QED) is 0.780. The third kappa shape index (κ3) is 3.96. The second kappa shape index (κ2) is 7.24. The molecule has 0 saturated carbocycles. The average Bonchev–Trinajstić information content (AvgIpc) is 2.98. The van der Waals surface area contributed by atoms with Crippen molar-refractivity contribution < 1.29 is 18.3 Å². The zero-order valence-electron chi connectivity index (χ0n) is 12.4. The van der Waals surface area contributed by atoms with E-state index >= 15 is 0 Å². The van der Waals surface area contributed by atoms with Gasteiger partial charge in [0.25, 0.3) is 0 Å². The summed E-state index contributed by atoms with van der Waals surface area (Å²) in [6.45, 7) is 3.83. The monoisotopic (exact) mass is 313 g/mol.